The van der Waals surface area contributed by atoms with Gasteiger partial charge in [-0.3, -0.25) is 4.79 Å². The van der Waals surface area contributed by atoms with Crippen molar-refractivity contribution >= 4 is 22.6 Å². The van der Waals surface area contributed by atoms with E-state index in [1.807, 2.05) is 30.3 Å². The molecule has 4 nitrogen and oxygen atoms in total. The quantitative estimate of drug-likeness (QED) is 0.489. The number of hydrogen-bond acceptors (Lipinski definition) is 4. The van der Waals surface area contributed by atoms with E-state index in [1.165, 1.54) is 7.11 Å². The third-order valence-corrected chi connectivity index (χ3v) is 3.89. The van der Waals surface area contributed by atoms with Crippen LogP contribution in [0.5, 0.6) is 11.5 Å². The summed E-state index contributed by atoms with van der Waals surface area (Å²) < 4.78 is 16.8. The van der Waals surface area contributed by atoms with E-state index in [4.69, 9.17) is 25.5 Å². The molecular weight excluding hydrogens is 328 g/mol. The minimum atomic E-state index is -0.184. The molecule has 0 saturated carbocycles. The lowest BCUT2D eigenvalue weighted by Gasteiger charge is -2.10. The van der Waals surface area contributed by atoms with Crippen LogP contribution in [0.3, 0.4) is 0 Å². The van der Waals surface area contributed by atoms with E-state index in [1.54, 1.807) is 18.2 Å². The molecule has 0 unspecified atom stereocenters. The monoisotopic (exact) mass is 344 g/mol. The Balaban J connectivity index is 2.01. The third-order valence-electron chi connectivity index (χ3n) is 3.62. The van der Waals surface area contributed by atoms with Gasteiger partial charge in [0.2, 0.25) is 11.2 Å². The summed E-state index contributed by atoms with van der Waals surface area (Å²) >= 11 is 5.63. The Morgan fingerprint density at radius 3 is 2.54 bits per heavy atom. The lowest BCUT2D eigenvalue weighted by molar-refractivity contribution is 0.318. The van der Waals surface area contributed by atoms with Crippen molar-refractivity contribution in [2.45, 2.75) is 6.42 Å². The molecule has 1 heterocycles. The number of halogens is 1. The minimum Gasteiger partial charge on any atom is -0.494 e. The molecule has 0 bridgehead atoms. The Labute approximate surface area is 144 Å². The molecule has 124 valence electrons. The number of rotatable bonds is 6. The predicted molar refractivity (Wildman–Crippen MR) is 95.3 cm³/mol. The molecule has 24 heavy (non-hydrogen) atoms. The van der Waals surface area contributed by atoms with E-state index in [0.717, 1.165) is 17.7 Å². The van der Waals surface area contributed by atoms with Gasteiger partial charge >= 0.3 is 0 Å². The Hall–Kier alpha value is -2.46. The maximum Gasteiger partial charge on any atom is 0.235 e. The van der Waals surface area contributed by atoms with Crippen molar-refractivity contribution in [3.63, 3.8) is 0 Å². The highest BCUT2D eigenvalue weighted by Gasteiger charge is 2.16. The largest absolute Gasteiger partial charge is 0.494 e. The van der Waals surface area contributed by atoms with Gasteiger partial charge in [-0.05, 0) is 42.8 Å². The third kappa shape index (κ3) is 3.24. The number of ether oxygens (including phenoxy) is 2. The minimum absolute atomic E-state index is 0.184. The lowest BCUT2D eigenvalue weighted by atomic mass is 10.1. The fourth-order valence-corrected chi connectivity index (χ4v) is 2.56. The van der Waals surface area contributed by atoms with Crippen LogP contribution in [0.15, 0.2) is 57.7 Å². The molecule has 0 atom stereocenters. The van der Waals surface area contributed by atoms with Crippen LogP contribution >= 0.6 is 11.6 Å². The van der Waals surface area contributed by atoms with E-state index in [9.17, 15) is 4.79 Å². The fraction of sp³-hybridized carbons (Fsp3) is 0.211. The summed E-state index contributed by atoms with van der Waals surface area (Å²) in [5.74, 6) is 1.92. The van der Waals surface area contributed by atoms with Crippen LogP contribution < -0.4 is 14.9 Å². The van der Waals surface area contributed by atoms with E-state index in [-0.39, 0.29) is 11.2 Å². The van der Waals surface area contributed by atoms with Crippen LogP contribution in [-0.4, -0.2) is 19.6 Å². The molecule has 0 aliphatic rings. The van der Waals surface area contributed by atoms with Crippen molar-refractivity contribution in [2.24, 2.45) is 0 Å². The van der Waals surface area contributed by atoms with E-state index in [2.05, 4.69) is 0 Å². The Bertz CT molecular complexity index is 884. The first-order valence-electron chi connectivity index (χ1n) is 7.63. The highest BCUT2D eigenvalue weighted by molar-refractivity contribution is 6.17. The molecule has 2 aromatic carbocycles. The van der Waals surface area contributed by atoms with Gasteiger partial charge in [0.25, 0.3) is 0 Å². The summed E-state index contributed by atoms with van der Waals surface area (Å²) in [7, 11) is 1.47. The Morgan fingerprint density at radius 1 is 1.08 bits per heavy atom. The summed E-state index contributed by atoms with van der Waals surface area (Å²) in [6.07, 6.45) is 0.788. The van der Waals surface area contributed by atoms with E-state index in [0.29, 0.717) is 29.2 Å². The molecule has 5 heteroatoms. The molecule has 0 aliphatic heterocycles. The maximum atomic E-state index is 12.6. The van der Waals surface area contributed by atoms with Gasteiger partial charge in [0.15, 0.2) is 5.76 Å². The highest BCUT2D eigenvalue weighted by atomic mass is 35.5. The predicted octanol–water partition coefficient (Wildman–Crippen LogP) is 4.48. The first-order chi connectivity index (χ1) is 11.7. The smallest absolute Gasteiger partial charge is 0.235 e. The molecule has 0 N–H and O–H groups in total. The molecule has 1 aromatic heterocycles. The number of alkyl halides is 1. The summed E-state index contributed by atoms with van der Waals surface area (Å²) in [5.41, 5.74) is 1.09. The van der Waals surface area contributed by atoms with Gasteiger partial charge in [0, 0.05) is 11.4 Å². The van der Waals surface area contributed by atoms with Crippen LogP contribution in [0, 0.1) is 0 Å². The SMILES string of the molecule is COc1c(-c2ccc(OCCCCl)cc2)oc2ccccc2c1=O. The molecular formula is C19H17ClO4. The first kappa shape index (κ1) is 16.4. The molecule has 0 spiro atoms. The lowest BCUT2D eigenvalue weighted by Crippen LogP contribution is -2.07. The van der Waals surface area contributed by atoms with Crippen LogP contribution in [0.1, 0.15) is 6.42 Å². The standard InChI is InChI=1S/C19H17ClO4/c1-22-19-17(21)15-5-2-3-6-16(15)24-18(19)13-7-9-14(10-8-13)23-12-4-11-20/h2-3,5-10H,4,11-12H2,1H3. The Kier molecular flexibility index (Phi) is 5.06. The number of benzene rings is 2. The zero-order valence-corrected chi connectivity index (χ0v) is 14.0. The van der Waals surface area contributed by atoms with Gasteiger partial charge in [-0.25, -0.2) is 0 Å². The van der Waals surface area contributed by atoms with Gasteiger partial charge in [-0.2, -0.15) is 0 Å². The summed E-state index contributed by atoms with van der Waals surface area (Å²) in [4.78, 5) is 12.6. The summed E-state index contributed by atoms with van der Waals surface area (Å²) in [6, 6.07) is 14.5. The number of para-hydroxylation sites is 1. The second kappa shape index (κ2) is 7.41. The second-order valence-corrected chi connectivity index (χ2v) is 5.58. The molecule has 0 radical (unpaired) electrons. The first-order valence-corrected chi connectivity index (χ1v) is 8.17. The van der Waals surface area contributed by atoms with Gasteiger partial charge in [-0.15, -0.1) is 11.6 Å². The fourth-order valence-electron chi connectivity index (χ4n) is 2.45. The number of hydrogen-bond donors (Lipinski definition) is 0. The van der Waals surface area contributed by atoms with E-state index >= 15 is 0 Å². The zero-order valence-electron chi connectivity index (χ0n) is 13.3. The normalized spacial score (nSPS) is 10.8. The van der Waals surface area contributed by atoms with Crippen molar-refractivity contribution < 1.29 is 13.9 Å². The van der Waals surface area contributed by atoms with Crippen molar-refractivity contribution in [1.29, 1.82) is 0 Å². The van der Waals surface area contributed by atoms with Crippen molar-refractivity contribution in [1.82, 2.24) is 0 Å². The molecule has 0 fully saturated rings. The van der Waals surface area contributed by atoms with Crippen LogP contribution in [0.25, 0.3) is 22.3 Å². The van der Waals surface area contributed by atoms with Crippen LogP contribution in [0.4, 0.5) is 0 Å². The number of methoxy groups -OCH3 is 1. The van der Waals surface area contributed by atoms with Crippen LogP contribution in [0.2, 0.25) is 0 Å². The average Bonchev–Trinajstić information content (AvgIpc) is 2.62. The molecule has 3 rings (SSSR count). The summed E-state index contributed by atoms with van der Waals surface area (Å²) in [6.45, 7) is 0.567. The van der Waals surface area contributed by atoms with Crippen LogP contribution in [-0.2, 0) is 0 Å². The zero-order chi connectivity index (χ0) is 16.9. The highest BCUT2D eigenvalue weighted by Crippen LogP contribution is 2.31. The topological polar surface area (TPSA) is 48.7 Å². The van der Waals surface area contributed by atoms with Crippen molar-refractivity contribution in [3.8, 4) is 22.8 Å². The van der Waals surface area contributed by atoms with E-state index < -0.39 is 0 Å². The average molecular weight is 345 g/mol. The summed E-state index contributed by atoms with van der Waals surface area (Å²) in [5, 5.41) is 0.499. The molecule has 0 amide bonds. The number of fused-ring (bicyclic) bond motifs is 1. The van der Waals surface area contributed by atoms with Crippen molar-refractivity contribution in [2.75, 3.05) is 19.6 Å². The van der Waals surface area contributed by atoms with Gasteiger partial charge < -0.3 is 13.9 Å². The molecule has 0 saturated heterocycles. The Morgan fingerprint density at radius 2 is 1.83 bits per heavy atom. The van der Waals surface area contributed by atoms with Gasteiger partial charge in [-0.1, -0.05) is 12.1 Å². The van der Waals surface area contributed by atoms with Gasteiger partial charge in [0.1, 0.15) is 11.3 Å². The molecule has 3 aromatic rings. The van der Waals surface area contributed by atoms with Gasteiger partial charge in [0.05, 0.1) is 19.1 Å². The molecule has 0 aliphatic carbocycles. The van der Waals surface area contributed by atoms with Crippen molar-refractivity contribution in [3.05, 3.63) is 58.8 Å². The second-order valence-electron chi connectivity index (χ2n) is 5.21. The maximum absolute atomic E-state index is 12.6.